The van der Waals surface area contributed by atoms with Crippen molar-refractivity contribution in [2.24, 2.45) is 0 Å². The van der Waals surface area contributed by atoms with E-state index in [1.165, 1.54) is 5.56 Å². The number of carbonyl (C=O) groups is 1. The third kappa shape index (κ3) is 4.42. The number of urea groups is 1. The molecular weight excluding hydrogens is 256 g/mol. The van der Waals surface area contributed by atoms with Gasteiger partial charge in [0.15, 0.2) is 0 Å². The Balaban J connectivity index is 1.56. The minimum atomic E-state index is -0.685. The maximum atomic E-state index is 11.5. The van der Waals surface area contributed by atoms with Crippen LogP contribution in [-0.2, 0) is 0 Å². The first-order valence-electron chi connectivity index (χ1n) is 7.01. The SMILES string of the molecule is Cc1ccc(OCCNC(=O)NCC2(O)CCC2)cc1. The summed E-state index contributed by atoms with van der Waals surface area (Å²) in [4.78, 5) is 11.5. The van der Waals surface area contributed by atoms with Crippen LogP contribution in [0, 0.1) is 6.92 Å². The van der Waals surface area contributed by atoms with Crippen LogP contribution in [0.1, 0.15) is 24.8 Å². The second-order valence-corrected chi connectivity index (χ2v) is 5.35. The molecule has 0 unspecified atom stereocenters. The molecule has 0 spiro atoms. The van der Waals surface area contributed by atoms with E-state index in [2.05, 4.69) is 10.6 Å². The van der Waals surface area contributed by atoms with Crippen molar-refractivity contribution in [3.8, 4) is 5.75 Å². The van der Waals surface area contributed by atoms with Crippen LogP contribution in [0.25, 0.3) is 0 Å². The summed E-state index contributed by atoms with van der Waals surface area (Å²) in [5.74, 6) is 0.793. The van der Waals surface area contributed by atoms with Gasteiger partial charge in [-0.25, -0.2) is 4.79 Å². The van der Waals surface area contributed by atoms with Gasteiger partial charge >= 0.3 is 6.03 Å². The first kappa shape index (κ1) is 14.7. The highest BCUT2D eigenvalue weighted by atomic mass is 16.5. The highest BCUT2D eigenvalue weighted by Crippen LogP contribution is 2.30. The van der Waals surface area contributed by atoms with Gasteiger partial charge in [0, 0.05) is 6.54 Å². The van der Waals surface area contributed by atoms with E-state index >= 15 is 0 Å². The molecule has 110 valence electrons. The fraction of sp³-hybridized carbons (Fsp3) is 0.533. The van der Waals surface area contributed by atoms with Crippen LogP contribution in [0.2, 0.25) is 0 Å². The molecular formula is C15H22N2O3. The first-order chi connectivity index (χ1) is 9.57. The molecule has 5 nitrogen and oxygen atoms in total. The van der Waals surface area contributed by atoms with E-state index in [4.69, 9.17) is 4.74 Å². The van der Waals surface area contributed by atoms with Gasteiger partial charge in [-0.1, -0.05) is 17.7 Å². The minimum absolute atomic E-state index is 0.266. The zero-order valence-corrected chi connectivity index (χ0v) is 11.8. The van der Waals surface area contributed by atoms with Crippen LogP contribution < -0.4 is 15.4 Å². The maximum absolute atomic E-state index is 11.5. The molecule has 1 aromatic rings. The smallest absolute Gasteiger partial charge is 0.315 e. The summed E-state index contributed by atoms with van der Waals surface area (Å²) in [6, 6.07) is 7.50. The lowest BCUT2D eigenvalue weighted by atomic mass is 9.80. The lowest BCUT2D eigenvalue weighted by Crippen LogP contribution is -2.50. The molecule has 1 aliphatic rings. The summed E-state index contributed by atoms with van der Waals surface area (Å²) in [5.41, 5.74) is 0.499. The Morgan fingerprint density at radius 1 is 1.30 bits per heavy atom. The molecule has 0 aliphatic heterocycles. The molecule has 0 saturated heterocycles. The van der Waals surface area contributed by atoms with Crippen LogP contribution in [0.5, 0.6) is 5.75 Å². The van der Waals surface area contributed by atoms with Crippen LogP contribution in [0.4, 0.5) is 4.79 Å². The fourth-order valence-electron chi connectivity index (χ4n) is 2.04. The van der Waals surface area contributed by atoms with Gasteiger partial charge in [0.2, 0.25) is 0 Å². The van der Waals surface area contributed by atoms with Crippen molar-refractivity contribution >= 4 is 6.03 Å². The van der Waals surface area contributed by atoms with E-state index in [0.29, 0.717) is 19.7 Å². The van der Waals surface area contributed by atoms with Gasteiger partial charge in [0.05, 0.1) is 12.1 Å². The van der Waals surface area contributed by atoms with Crippen molar-refractivity contribution in [3.05, 3.63) is 29.8 Å². The molecule has 0 atom stereocenters. The molecule has 5 heteroatoms. The third-order valence-electron chi connectivity index (χ3n) is 3.54. The maximum Gasteiger partial charge on any atom is 0.315 e. The molecule has 0 radical (unpaired) electrons. The van der Waals surface area contributed by atoms with Gasteiger partial charge in [-0.2, -0.15) is 0 Å². The molecule has 1 aromatic carbocycles. The minimum Gasteiger partial charge on any atom is -0.492 e. The van der Waals surface area contributed by atoms with Gasteiger partial charge < -0.3 is 20.5 Å². The van der Waals surface area contributed by atoms with Gasteiger partial charge in [0.1, 0.15) is 12.4 Å². The normalized spacial score (nSPS) is 16.1. The van der Waals surface area contributed by atoms with Crippen molar-refractivity contribution in [3.63, 3.8) is 0 Å². The van der Waals surface area contributed by atoms with Gasteiger partial charge in [-0.3, -0.25) is 0 Å². The lowest BCUT2D eigenvalue weighted by molar-refractivity contribution is -0.0290. The quantitative estimate of drug-likeness (QED) is 0.692. The number of amides is 2. The number of aryl methyl sites for hydroxylation is 1. The molecule has 1 saturated carbocycles. The fourth-order valence-corrected chi connectivity index (χ4v) is 2.04. The zero-order valence-electron chi connectivity index (χ0n) is 11.8. The molecule has 2 rings (SSSR count). The zero-order chi connectivity index (χ0) is 14.4. The van der Waals surface area contributed by atoms with E-state index in [1.54, 1.807) is 0 Å². The predicted molar refractivity (Wildman–Crippen MR) is 76.9 cm³/mol. The Labute approximate surface area is 119 Å². The Morgan fingerprint density at radius 2 is 2.00 bits per heavy atom. The Bertz CT molecular complexity index is 441. The standard InChI is InChI=1S/C15H22N2O3/c1-12-3-5-13(6-4-12)20-10-9-16-14(18)17-11-15(19)7-2-8-15/h3-6,19H,2,7-11H2,1H3,(H2,16,17,18). The van der Waals surface area contributed by atoms with Crippen molar-refractivity contribution in [1.29, 1.82) is 0 Å². The molecule has 0 aromatic heterocycles. The predicted octanol–water partition coefficient (Wildman–Crippen LogP) is 1.59. The number of hydrogen-bond donors (Lipinski definition) is 3. The average Bonchev–Trinajstić information content (AvgIpc) is 2.41. The van der Waals surface area contributed by atoms with Crippen molar-refractivity contribution in [1.82, 2.24) is 10.6 Å². The highest BCUT2D eigenvalue weighted by Gasteiger charge is 2.34. The number of nitrogens with one attached hydrogen (secondary N) is 2. The van der Waals surface area contributed by atoms with E-state index in [1.807, 2.05) is 31.2 Å². The summed E-state index contributed by atoms with van der Waals surface area (Å²) < 4.78 is 5.50. The largest absolute Gasteiger partial charge is 0.492 e. The van der Waals surface area contributed by atoms with Crippen molar-refractivity contribution < 1.29 is 14.6 Å². The summed E-state index contributed by atoms with van der Waals surface area (Å²) >= 11 is 0. The Morgan fingerprint density at radius 3 is 2.60 bits per heavy atom. The summed E-state index contributed by atoms with van der Waals surface area (Å²) in [6.45, 7) is 3.18. The Kier molecular flexibility index (Phi) is 4.84. The lowest BCUT2D eigenvalue weighted by Gasteiger charge is -2.36. The number of benzene rings is 1. The highest BCUT2D eigenvalue weighted by molar-refractivity contribution is 5.73. The van der Waals surface area contributed by atoms with Gasteiger partial charge in [0.25, 0.3) is 0 Å². The van der Waals surface area contributed by atoms with Crippen LogP contribution in [-0.4, -0.2) is 36.4 Å². The summed E-state index contributed by atoms with van der Waals surface area (Å²) in [7, 11) is 0. The number of carbonyl (C=O) groups excluding carboxylic acids is 1. The number of rotatable bonds is 6. The van der Waals surface area contributed by atoms with Crippen LogP contribution in [0.3, 0.4) is 0 Å². The average molecular weight is 278 g/mol. The molecule has 0 bridgehead atoms. The number of hydrogen-bond acceptors (Lipinski definition) is 3. The van der Waals surface area contributed by atoms with Crippen molar-refractivity contribution in [2.75, 3.05) is 19.7 Å². The molecule has 1 fully saturated rings. The molecule has 20 heavy (non-hydrogen) atoms. The van der Waals surface area contributed by atoms with Crippen LogP contribution >= 0.6 is 0 Å². The summed E-state index contributed by atoms with van der Waals surface area (Å²) in [5, 5.41) is 15.2. The second-order valence-electron chi connectivity index (χ2n) is 5.35. The molecule has 0 heterocycles. The van der Waals surface area contributed by atoms with E-state index < -0.39 is 5.60 Å². The number of aliphatic hydroxyl groups is 1. The van der Waals surface area contributed by atoms with E-state index in [0.717, 1.165) is 25.0 Å². The summed E-state index contributed by atoms with van der Waals surface area (Å²) in [6.07, 6.45) is 2.57. The van der Waals surface area contributed by atoms with E-state index in [9.17, 15) is 9.90 Å². The second kappa shape index (κ2) is 6.61. The third-order valence-corrected chi connectivity index (χ3v) is 3.54. The van der Waals surface area contributed by atoms with Gasteiger partial charge in [-0.15, -0.1) is 0 Å². The van der Waals surface area contributed by atoms with E-state index in [-0.39, 0.29) is 6.03 Å². The Hall–Kier alpha value is -1.75. The van der Waals surface area contributed by atoms with Crippen molar-refractivity contribution in [2.45, 2.75) is 31.8 Å². The van der Waals surface area contributed by atoms with Gasteiger partial charge in [-0.05, 0) is 38.3 Å². The molecule has 1 aliphatic carbocycles. The number of ether oxygens (including phenoxy) is 1. The molecule has 2 amide bonds. The first-order valence-corrected chi connectivity index (χ1v) is 7.01. The molecule has 3 N–H and O–H groups in total. The van der Waals surface area contributed by atoms with Crippen LogP contribution in [0.15, 0.2) is 24.3 Å². The topological polar surface area (TPSA) is 70.6 Å². The monoisotopic (exact) mass is 278 g/mol.